The first kappa shape index (κ1) is 20.4. The van der Waals surface area contributed by atoms with Crippen molar-refractivity contribution in [3.63, 3.8) is 0 Å². The first-order valence-corrected chi connectivity index (χ1v) is 9.31. The summed E-state index contributed by atoms with van der Waals surface area (Å²) in [5.74, 6) is 1.61. The molecule has 3 aromatic carbocycles. The standard InChI is InChI=1S/C22H25NO6/c1-5-29-22(25)23-9-8-14-11-19(28-4)21(24)20-15(14)7-6-13-10-17(26-2)18(27-3)12-16(13)20/h6-7,10-12,24H,5,8-9H2,1-4H3,(H,23,25). The number of fused-ring (bicyclic) bond motifs is 3. The summed E-state index contributed by atoms with van der Waals surface area (Å²) in [7, 11) is 4.66. The number of hydrogen-bond donors (Lipinski definition) is 2. The average Bonchev–Trinajstić information content (AvgIpc) is 2.73. The maximum absolute atomic E-state index is 11.6. The monoisotopic (exact) mass is 399 g/mol. The number of carbonyl (C=O) groups is 1. The van der Waals surface area contributed by atoms with Crippen LogP contribution in [0.3, 0.4) is 0 Å². The van der Waals surface area contributed by atoms with Gasteiger partial charge in [0.1, 0.15) is 0 Å². The highest BCUT2D eigenvalue weighted by molar-refractivity contribution is 6.13. The minimum Gasteiger partial charge on any atom is -0.504 e. The van der Waals surface area contributed by atoms with Crippen molar-refractivity contribution in [3.8, 4) is 23.0 Å². The Kier molecular flexibility index (Phi) is 6.16. The van der Waals surface area contributed by atoms with Crippen molar-refractivity contribution in [1.29, 1.82) is 0 Å². The molecule has 0 heterocycles. The predicted octanol–water partition coefficient (Wildman–Crippen LogP) is 4.01. The smallest absolute Gasteiger partial charge is 0.407 e. The van der Waals surface area contributed by atoms with Gasteiger partial charge in [-0.25, -0.2) is 4.79 Å². The van der Waals surface area contributed by atoms with Crippen LogP contribution in [-0.4, -0.2) is 45.7 Å². The second-order valence-electron chi connectivity index (χ2n) is 6.40. The van der Waals surface area contributed by atoms with E-state index in [1.165, 1.54) is 7.11 Å². The van der Waals surface area contributed by atoms with E-state index in [1.54, 1.807) is 27.2 Å². The second-order valence-corrected chi connectivity index (χ2v) is 6.40. The number of ether oxygens (including phenoxy) is 4. The molecule has 0 fully saturated rings. The van der Waals surface area contributed by atoms with Crippen molar-refractivity contribution in [3.05, 3.63) is 35.9 Å². The number of amides is 1. The summed E-state index contributed by atoms with van der Waals surface area (Å²) >= 11 is 0. The van der Waals surface area contributed by atoms with Crippen molar-refractivity contribution >= 4 is 27.6 Å². The number of hydrogen-bond acceptors (Lipinski definition) is 6. The predicted molar refractivity (Wildman–Crippen MR) is 112 cm³/mol. The normalized spacial score (nSPS) is 10.8. The lowest BCUT2D eigenvalue weighted by Crippen LogP contribution is -2.26. The zero-order valence-corrected chi connectivity index (χ0v) is 17.0. The number of carbonyl (C=O) groups excluding carboxylic acids is 1. The molecule has 0 saturated heterocycles. The molecule has 0 saturated carbocycles. The quantitative estimate of drug-likeness (QED) is 0.584. The van der Waals surface area contributed by atoms with Gasteiger partial charge >= 0.3 is 6.09 Å². The summed E-state index contributed by atoms with van der Waals surface area (Å²) in [6.45, 7) is 2.47. The first-order chi connectivity index (χ1) is 14.0. The lowest BCUT2D eigenvalue weighted by Gasteiger charge is -2.16. The molecule has 7 nitrogen and oxygen atoms in total. The number of aromatic hydroxyl groups is 1. The van der Waals surface area contributed by atoms with Gasteiger partial charge in [-0.2, -0.15) is 0 Å². The molecule has 1 amide bonds. The molecule has 7 heteroatoms. The number of alkyl carbamates (subject to hydrolysis) is 1. The van der Waals surface area contributed by atoms with Gasteiger partial charge in [-0.15, -0.1) is 0 Å². The molecule has 0 spiro atoms. The number of nitrogens with one attached hydrogen (secondary N) is 1. The van der Waals surface area contributed by atoms with Gasteiger partial charge in [0.15, 0.2) is 23.0 Å². The van der Waals surface area contributed by atoms with E-state index in [0.717, 1.165) is 21.7 Å². The Morgan fingerprint density at radius 2 is 1.66 bits per heavy atom. The molecule has 0 aliphatic heterocycles. The molecule has 0 aliphatic carbocycles. The van der Waals surface area contributed by atoms with Crippen LogP contribution in [-0.2, 0) is 11.2 Å². The molecule has 0 bridgehead atoms. The van der Waals surface area contributed by atoms with Gasteiger partial charge in [-0.05, 0) is 53.3 Å². The van der Waals surface area contributed by atoms with Crippen LogP contribution in [0.25, 0.3) is 21.5 Å². The molecule has 154 valence electrons. The molecule has 0 unspecified atom stereocenters. The number of phenolic OH excluding ortho intramolecular Hbond substituents is 1. The number of rotatable bonds is 7. The van der Waals surface area contributed by atoms with Gasteiger partial charge in [0.2, 0.25) is 0 Å². The van der Waals surface area contributed by atoms with Gasteiger partial charge in [-0.3, -0.25) is 0 Å². The van der Waals surface area contributed by atoms with E-state index in [-0.39, 0.29) is 5.75 Å². The van der Waals surface area contributed by atoms with E-state index < -0.39 is 6.09 Å². The SMILES string of the molecule is CCOC(=O)NCCc1cc(OC)c(O)c2c1ccc1cc(OC)c(OC)cc12. The molecule has 3 aromatic rings. The second kappa shape index (κ2) is 8.77. The molecule has 2 N–H and O–H groups in total. The van der Waals surface area contributed by atoms with Crippen LogP contribution in [0.15, 0.2) is 30.3 Å². The third kappa shape index (κ3) is 3.94. The maximum atomic E-state index is 11.6. The fourth-order valence-electron chi connectivity index (χ4n) is 3.44. The fraction of sp³-hybridized carbons (Fsp3) is 0.318. The summed E-state index contributed by atoms with van der Waals surface area (Å²) in [5.41, 5.74) is 0.933. The Labute approximate surface area is 169 Å². The summed E-state index contributed by atoms with van der Waals surface area (Å²) in [6.07, 6.45) is 0.0925. The average molecular weight is 399 g/mol. The van der Waals surface area contributed by atoms with Crippen LogP contribution in [0.4, 0.5) is 4.79 Å². The summed E-state index contributed by atoms with van der Waals surface area (Å²) in [5, 5.41) is 16.8. The molecule has 29 heavy (non-hydrogen) atoms. The topological polar surface area (TPSA) is 86.3 Å². The molecule has 0 aliphatic rings. The van der Waals surface area contributed by atoms with Crippen molar-refractivity contribution in [2.75, 3.05) is 34.5 Å². The third-order valence-corrected chi connectivity index (χ3v) is 4.80. The minimum atomic E-state index is -0.454. The van der Waals surface area contributed by atoms with Gasteiger partial charge in [0, 0.05) is 11.9 Å². The van der Waals surface area contributed by atoms with E-state index in [9.17, 15) is 9.90 Å². The van der Waals surface area contributed by atoms with Gasteiger partial charge in [-0.1, -0.05) is 12.1 Å². The number of benzene rings is 3. The largest absolute Gasteiger partial charge is 0.504 e. The van der Waals surface area contributed by atoms with Crippen molar-refractivity contribution < 1.29 is 28.8 Å². The summed E-state index contributed by atoms with van der Waals surface area (Å²) in [4.78, 5) is 11.6. The van der Waals surface area contributed by atoms with Gasteiger partial charge < -0.3 is 29.4 Å². The Hall–Kier alpha value is -3.35. The van der Waals surface area contributed by atoms with E-state index in [4.69, 9.17) is 18.9 Å². The van der Waals surface area contributed by atoms with E-state index >= 15 is 0 Å². The summed E-state index contributed by atoms with van der Waals surface area (Å²) in [6, 6.07) is 9.41. The molecule has 3 rings (SSSR count). The van der Waals surface area contributed by atoms with Crippen molar-refractivity contribution in [2.45, 2.75) is 13.3 Å². The Bertz CT molecular complexity index is 1050. The maximum Gasteiger partial charge on any atom is 0.407 e. The van der Waals surface area contributed by atoms with Crippen LogP contribution in [0.1, 0.15) is 12.5 Å². The number of phenols is 1. The Morgan fingerprint density at radius 3 is 2.31 bits per heavy atom. The van der Waals surface area contributed by atoms with Crippen LogP contribution in [0.2, 0.25) is 0 Å². The Morgan fingerprint density at radius 1 is 0.966 bits per heavy atom. The van der Waals surface area contributed by atoms with Gasteiger partial charge in [0.25, 0.3) is 0 Å². The molecular formula is C22H25NO6. The van der Waals surface area contributed by atoms with Crippen LogP contribution in [0.5, 0.6) is 23.0 Å². The third-order valence-electron chi connectivity index (χ3n) is 4.80. The molecule has 0 atom stereocenters. The fourth-order valence-corrected chi connectivity index (χ4v) is 3.44. The lowest BCUT2D eigenvalue weighted by atomic mass is 9.95. The van der Waals surface area contributed by atoms with Crippen molar-refractivity contribution in [1.82, 2.24) is 5.32 Å². The van der Waals surface area contributed by atoms with E-state index in [1.807, 2.05) is 24.3 Å². The van der Waals surface area contributed by atoms with Gasteiger partial charge in [0.05, 0.1) is 27.9 Å². The van der Waals surface area contributed by atoms with Crippen LogP contribution in [0, 0.1) is 0 Å². The zero-order valence-electron chi connectivity index (χ0n) is 17.0. The highest BCUT2D eigenvalue weighted by Crippen LogP contribution is 2.43. The molecule has 0 radical (unpaired) electrons. The molecular weight excluding hydrogens is 374 g/mol. The number of methoxy groups -OCH3 is 3. The zero-order chi connectivity index (χ0) is 21.0. The molecule has 0 aromatic heterocycles. The Balaban J connectivity index is 2.14. The summed E-state index contributed by atoms with van der Waals surface area (Å²) < 4.78 is 21.1. The highest BCUT2D eigenvalue weighted by atomic mass is 16.5. The van der Waals surface area contributed by atoms with E-state index in [2.05, 4.69) is 5.32 Å². The van der Waals surface area contributed by atoms with Crippen molar-refractivity contribution in [2.24, 2.45) is 0 Å². The minimum absolute atomic E-state index is 0.0578. The van der Waals surface area contributed by atoms with E-state index in [0.29, 0.717) is 42.2 Å². The highest BCUT2D eigenvalue weighted by Gasteiger charge is 2.17. The first-order valence-electron chi connectivity index (χ1n) is 9.31. The van der Waals surface area contributed by atoms with Crippen LogP contribution < -0.4 is 19.5 Å². The van der Waals surface area contributed by atoms with Crippen LogP contribution >= 0.6 is 0 Å². The lowest BCUT2D eigenvalue weighted by molar-refractivity contribution is 0.152.